The Labute approximate surface area is 70.4 Å². The van der Waals surface area contributed by atoms with Crippen molar-refractivity contribution in [2.75, 3.05) is 0 Å². The van der Waals surface area contributed by atoms with E-state index in [-0.39, 0.29) is 0 Å². The van der Waals surface area contributed by atoms with E-state index < -0.39 is 0 Å². The van der Waals surface area contributed by atoms with Crippen LogP contribution in [0, 0.1) is 6.92 Å². The van der Waals surface area contributed by atoms with Gasteiger partial charge in [0.1, 0.15) is 0 Å². The molecule has 0 spiro atoms. The first-order chi connectivity index (χ1) is 4.83. The van der Waals surface area contributed by atoms with E-state index in [9.17, 15) is 0 Å². The topological polar surface area (TPSA) is 0 Å². The molecule has 0 heterocycles. The van der Waals surface area contributed by atoms with Crippen LogP contribution < -0.4 is 0 Å². The minimum Gasteiger partial charge on any atom is -0.0579 e. The van der Waals surface area contributed by atoms with Crippen molar-refractivity contribution in [1.29, 1.82) is 0 Å². The Hall–Kier alpha value is -0.300. The number of halogens is 1. The number of aryl methyl sites for hydroxylation is 1. The highest BCUT2D eigenvalue weighted by Crippen LogP contribution is 2.11. The summed E-state index contributed by atoms with van der Waals surface area (Å²) in [6.45, 7) is 3.79. The second-order valence-electron chi connectivity index (χ2n) is 2.23. The lowest BCUT2D eigenvalue weighted by atomic mass is 10.1. The van der Waals surface area contributed by atoms with E-state index in [1.165, 1.54) is 5.56 Å². The lowest BCUT2D eigenvalue weighted by Crippen LogP contribution is -1.80. The first-order valence-electron chi connectivity index (χ1n) is 3.36. The molecule has 10 heavy (non-hydrogen) atoms. The molecule has 0 saturated carbocycles. The van der Waals surface area contributed by atoms with Crippen LogP contribution in [-0.2, 0) is 6.42 Å². The van der Waals surface area contributed by atoms with E-state index in [0.717, 1.165) is 17.3 Å². The van der Waals surface area contributed by atoms with Gasteiger partial charge in [0.15, 0.2) is 0 Å². The monoisotopic (exact) mass is 197 g/mol. The highest BCUT2D eigenvalue weighted by Gasteiger charge is 1.88. The van der Waals surface area contributed by atoms with Crippen molar-refractivity contribution in [1.82, 2.24) is 0 Å². The SMILES string of the molecule is [CH2]CCc1ccc(Br)cc1. The van der Waals surface area contributed by atoms with Crippen LogP contribution in [0.1, 0.15) is 12.0 Å². The van der Waals surface area contributed by atoms with Crippen LogP contribution in [0.15, 0.2) is 28.7 Å². The molecule has 0 N–H and O–H groups in total. The Bertz CT molecular complexity index is 188. The molecular formula is C9H10Br. The molecule has 1 heteroatoms. The Morgan fingerprint density at radius 2 is 1.80 bits per heavy atom. The Morgan fingerprint density at radius 3 is 2.30 bits per heavy atom. The smallest absolute Gasteiger partial charge is 0.0175 e. The summed E-state index contributed by atoms with van der Waals surface area (Å²) in [5, 5.41) is 0. The molecule has 0 aliphatic carbocycles. The van der Waals surface area contributed by atoms with Gasteiger partial charge in [-0.25, -0.2) is 0 Å². The zero-order valence-corrected chi connectivity index (χ0v) is 7.39. The minimum absolute atomic E-state index is 0.974. The van der Waals surface area contributed by atoms with Crippen LogP contribution in [0.4, 0.5) is 0 Å². The fourth-order valence-corrected chi connectivity index (χ4v) is 1.12. The normalized spacial score (nSPS) is 9.80. The molecule has 0 saturated heterocycles. The summed E-state index contributed by atoms with van der Waals surface area (Å²) >= 11 is 3.38. The maximum atomic E-state index is 3.79. The van der Waals surface area contributed by atoms with E-state index in [0.29, 0.717) is 0 Å². The molecule has 1 radical (unpaired) electrons. The van der Waals surface area contributed by atoms with E-state index in [1.54, 1.807) is 0 Å². The molecule has 1 rings (SSSR count). The van der Waals surface area contributed by atoms with Crippen LogP contribution in [0.2, 0.25) is 0 Å². The summed E-state index contributed by atoms with van der Waals surface area (Å²) in [5.41, 5.74) is 1.36. The number of rotatable bonds is 2. The zero-order chi connectivity index (χ0) is 7.40. The quantitative estimate of drug-likeness (QED) is 0.684. The molecule has 0 unspecified atom stereocenters. The third kappa shape index (κ3) is 2.14. The molecule has 1 aromatic carbocycles. The summed E-state index contributed by atoms with van der Waals surface area (Å²) in [6.07, 6.45) is 2.05. The summed E-state index contributed by atoms with van der Waals surface area (Å²) in [5.74, 6) is 0. The predicted octanol–water partition coefficient (Wildman–Crippen LogP) is 3.22. The molecule has 0 fully saturated rings. The van der Waals surface area contributed by atoms with Crippen molar-refractivity contribution in [2.45, 2.75) is 12.8 Å². The summed E-state index contributed by atoms with van der Waals surface area (Å²) in [6, 6.07) is 8.36. The molecule has 0 aromatic heterocycles. The van der Waals surface area contributed by atoms with Gasteiger partial charge in [0.2, 0.25) is 0 Å². The minimum atomic E-state index is 0.974. The number of hydrogen-bond donors (Lipinski definition) is 0. The molecule has 0 aliphatic rings. The lowest BCUT2D eigenvalue weighted by molar-refractivity contribution is 0.999. The van der Waals surface area contributed by atoms with Gasteiger partial charge in [-0.1, -0.05) is 35.0 Å². The molecule has 53 valence electrons. The van der Waals surface area contributed by atoms with Gasteiger partial charge in [0.25, 0.3) is 0 Å². The third-order valence-corrected chi connectivity index (χ3v) is 1.91. The molecule has 0 atom stereocenters. The average Bonchev–Trinajstić information content (AvgIpc) is 1.95. The molecule has 0 aliphatic heterocycles. The fourth-order valence-electron chi connectivity index (χ4n) is 0.855. The van der Waals surface area contributed by atoms with Gasteiger partial charge >= 0.3 is 0 Å². The van der Waals surface area contributed by atoms with Gasteiger partial charge in [0, 0.05) is 4.47 Å². The van der Waals surface area contributed by atoms with E-state index >= 15 is 0 Å². The largest absolute Gasteiger partial charge is 0.0579 e. The molecule has 0 bridgehead atoms. The molecule has 1 aromatic rings. The highest BCUT2D eigenvalue weighted by atomic mass is 79.9. The Kier molecular flexibility index (Phi) is 2.94. The van der Waals surface area contributed by atoms with E-state index in [4.69, 9.17) is 0 Å². The lowest BCUT2D eigenvalue weighted by Gasteiger charge is -1.96. The van der Waals surface area contributed by atoms with Crippen LogP contribution in [0.25, 0.3) is 0 Å². The van der Waals surface area contributed by atoms with Crippen LogP contribution in [0.5, 0.6) is 0 Å². The third-order valence-electron chi connectivity index (χ3n) is 1.38. The number of benzene rings is 1. The van der Waals surface area contributed by atoms with Gasteiger partial charge in [-0.05, 0) is 30.5 Å². The molecular weight excluding hydrogens is 188 g/mol. The Balaban J connectivity index is 2.69. The second-order valence-corrected chi connectivity index (χ2v) is 3.15. The molecule has 0 amide bonds. The van der Waals surface area contributed by atoms with Crippen molar-refractivity contribution >= 4 is 15.9 Å². The maximum absolute atomic E-state index is 3.79. The molecule has 0 nitrogen and oxygen atoms in total. The van der Waals surface area contributed by atoms with Gasteiger partial charge < -0.3 is 0 Å². The fraction of sp³-hybridized carbons (Fsp3) is 0.222. The summed E-state index contributed by atoms with van der Waals surface area (Å²) in [4.78, 5) is 0. The van der Waals surface area contributed by atoms with Crippen molar-refractivity contribution < 1.29 is 0 Å². The van der Waals surface area contributed by atoms with Gasteiger partial charge in [0.05, 0.1) is 0 Å². The zero-order valence-electron chi connectivity index (χ0n) is 5.81. The van der Waals surface area contributed by atoms with E-state index in [2.05, 4.69) is 47.1 Å². The van der Waals surface area contributed by atoms with E-state index in [1.807, 2.05) is 0 Å². The van der Waals surface area contributed by atoms with Crippen molar-refractivity contribution in [2.24, 2.45) is 0 Å². The average molecular weight is 198 g/mol. The first-order valence-corrected chi connectivity index (χ1v) is 4.16. The van der Waals surface area contributed by atoms with Crippen molar-refractivity contribution in [3.8, 4) is 0 Å². The van der Waals surface area contributed by atoms with Crippen LogP contribution in [-0.4, -0.2) is 0 Å². The van der Waals surface area contributed by atoms with Gasteiger partial charge in [-0.3, -0.25) is 0 Å². The summed E-state index contributed by atoms with van der Waals surface area (Å²) in [7, 11) is 0. The van der Waals surface area contributed by atoms with Gasteiger partial charge in [-0.2, -0.15) is 0 Å². The van der Waals surface area contributed by atoms with Crippen molar-refractivity contribution in [3.63, 3.8) is 0 Å². The second kappa shape index (κ2) is 3.77. The van der Waals surface area contributed by atoms with Crippen LogP contribution in [0.3, 0.4) is 0 Å². The number of hydrogen-bond acceptors (Lipinski definition) is 0. The van der Waals surface area contributed by atoms with Crippen LogP contribution >= 0.6 is 15.9 Å². The maximum Gasteiger partial charge on any atom is 0.0175 e. The predicted molar refractivity (Wildman–Crippen MR) is 47.8 cm³/mol. The van der Waals surface area contributed by atoms with Crippen molar-refractivity contribution in [3.05, 3.63) is 41.2 Å². The van der Waals surface area contributed by atoms with Gasteiger partial charge in [-0.15, -0.1) is 0 Å². The highest BCUT2D eigenvalue weighted by molar-refractivity contribution is 9.10. The standard InChI is InChI=1S/C9H10Br/c1-2-3-8-4-6-9(10)7-5-8/h4-7H,1-3H2. The first kappa shape index (κ1) is 7.80. The summed E-state index contributed by atoms with van der Waals surface area (Å²) < 4.78 is 1.14. The Morgan fingerprint density at radius 1 is 1.20 bits per heavy atom.